The zero-order valence-electron chi connectivity index (χ0n) is 22.9. The number of benzene rings is 3. The van der Waals surface area contributed by atoms with Crippen molar-refractivity contribution in [1.29, 1.82) is 0 Å². The number of nitrogens with one attached hydrogen (secondary N) is 1. The molecule has 40 heavy (non-hydrogen) atoms. The van der Waals surface area contributed by atoms with Gasteiger partial charge in [0, 0.05) is 23.1 Å². The highest BCUT2D eigenvalue weighted by Gasteiger charge is 2.34. The number of rotatable bonds is 12. The zero-order valence-corrected chi connectivity index (χ0v) is 25.2. The molecule has 3 rings (SSSR count). The Balaban J connectivity index is 2.10. The minimum absolute atomic E-state index is 0.0151. The van der Waals surface area contributed by atoms with Gasteiger partial charge in [0.05, 0.1) is 17.2 Å². The van der Waals surface area contributed by atoms with E-state index < -0.39 is 28.5 Å². The quantitative estimate of drug-likeness (QED) is 0.296. The third-order valence-electron chi connectivity index (χ3n) is 6.20. The van der Waals surface area contributed by atoms with E-state index in [0.29, 0.717) is 34.5 Å². The summed E-state index contributed by atoms with van der Waals surface area (Å²) in [6.45, 7) is 7.01. The Bertz CT molecular complexity index is 1450. The largest absolute Gasteiger partial charge is 0.492 e. The highest BCUT2D eigenvalue weighted by molar-refractivity contribution is 7.92. The van der Waals surface area contributed by atoms with Crippen molar-refractivity contribution in [1.82, 2.24) is 10.2 Å². The number of hydrogen-bond acceptors (Lipinski definition) is 5. The maximum Gasteiger partial charge on any atom is 0.264 e. The zero-order chi connectivity index (χ0) is 29.4. The first-order valence-electron chi connectivity index (χ1n) is 12.8. The molecular weight excluding hydrogens is 573 g/mol. The molecule has 0 aromatic heterocycles. The van der Waals surface area contributed by atoms with E-state index in [1.54, 1.807) is 75.4 Å². The van der Waals surface area contributed by atoms with Gasteiger partial charge < -0.3 is 15.0 Å². The normalized spacial score (nSPS) is 11.9. The van der Waals surface area contributed by atoms with Crippen LogP contribution in [0.4, 0.5) is 5.69 Å². The van der Waals surface area contributed by atoms with Gasteiger partial charge in [0.2, 0.25) is 11.8 Å². The second kappa shape index (κ2) is 13.9. The minimum atomic E-state index is -4.22. The first-order chi connectivity index (χ1) is 19.0. The third-order valence-corrected chi connectivity index (χ3v) is 8.56. The van der Waals surface area contributed by atoms with Crippen molar-refractivity contribution < 1.29 is 22.7 Å². The molecule has 8 nitrogen and oxygen atoms in total. The van der Waals surface area contributed by atoms with E-state index in [9.17, 15) is 18.0 Å². The van der Waals surface area contributed by atoms with Crippen LogP contribution in [0.2, 0.25) is 10.0 Å². The van der Waals surface area contributed by atoms with E-state index in [2.05, 4.69) is 5.32 Å². The molecule has 2 amide bonds. The summed E-state index contributed by atoms with van der Waals surface area (Å²) in [5.74, 6) is -0.687. The molecule has 214 valence electrons. The molecule has 0 spiro atoms. The Morgan fingerprint density at radius 3 is 2.30 bits per heavy atom. The predicted octanol–water partition coefficient (Wildman–Crippen LogP) is 5.45. The Labute approximate surface area is 245 Å². The monoisotopic (exact) mass is 605 g/mol. The van der Waals surface area contributed by atoms with Crippen molar-refractivity contribution in [2.24, 2.45) is 0 Å². The standard InChI is InChI=1S/C29H33Cl2N3O5S/c1-5-32-29(36)21(4)33(18-22-13-14-23(30)17-25(22)31)28(35)19-34(26-9-7-8-10-27(26)39-6-2)40(37,38)24-15-11-20(3)12-16-24/h7-17,21H,5-6,18-19H2,1-4H3,(H,32,36)/t21-/m1/s1. The number of amides is 2. The topological polar surface area (TPSA) is 96.0 Å². The first-order valence-corrected chi connectivity index (χ1v) is 15.0. The lowest BCUT2D eigenvalue weighted by atomic mass is 10.1. The van der Waals surface area contributed by atoms with Gasteiger partial charge >= 0.3 is 0 Å². The number of para-hydroxylation sites is 2. The first kappa shape index (κ1) is 31.3. The van der Waals surface area contributed by atoms with Gasteiger partial charge in [0.15, 0.2) is 0 Å². The van der Waals surface area contributed by atoms with Crippen molar-refractivity contribution in [3.05, 3.63) is 87.9 Å². The van der Waals surface area contributed by atoms with Crippen LogP contribution in [0, 0.1) is 6.92 Å². The minimum Gasteiger partial charge on any atom is -0.492 e. The molecule has 1 N–H and O–H groups in total. The van der Waals surface area contributed by atoms with Gasteiger partial charge in [0.25, 0.3) is 10.0 Å². The number of likely N-dealkylation sites (N-methyl/N-ethyl adjacent to an activating group) is 1. The van der Waals surface area contributed by atoms with E-state index >= 15 is 0 Å². The molecule has 11 heteroatoms. The molecular formula is C29H33Cl2N3O5S. The van der Waals surface area contributed by atoms with Crippen molar-refractivity contribution in [3.8, 4) is 5.75 Å². The lowest BCUT2D eigenvalue weighted by Crippen LogP contribution is -2.51. The molecule has 0 aliphatic rings. The van der Waals surface area contributed by atoms with Crippen molar-refractivity contribution >= 4 is 50.7 Å². The van der Waals surface area contributed by atoms with Crippen LogP contribution in [0.15, 0.2) is 71.6 Å². The summed E-state index contributed by atoms with van der Waals surface area (Å²) in [6.07, 6.45) is 0. The molecule has 0 bridgehead atoms. The summed E-state index contributed by atoms with van der Waals surface area (Å²) in [5, 5.41) is 3.46. The molecule has 0 heterocycles. The molecule has 0 saturated carbocycles. The summed E-state index contributed by atoms with van der Waals surface area (Å²) >= 11 is 12.5. The molecule has 0 aliphatic heterocycles. The van der Waals surface area contributed by atoms with Crippen molar-refractivity contribution in [2.75, 3.05) is 24.0 Å². The van der Waals surface area contributed by atoms with Crippen LogP contribution < -0.4 is 14.4 Å². The van der Waals surface area contributed by atoms with Crippen LogP contribution in [0.25, 0.3) is 0 Å². The van der Waals surface area contributed by atoms with Gasteiger partial charge in [-0.3, -0.25) is 13.9 Å². The van der Waals surface area contributed by atoms with Gasteiger partial charge in [-0.05, 0) is 69.7 Å². The highest BCUT2D eigenvalue weighted by atomic mass is 35.5. The van der Waals surface area contributed by atoms with Crippen LogP contribution >= 0.6 is 23.2 Å². The van der Waals surface area contributed by atoms with E-state index in [-0.39, 0.29) is 23.0 Å². The molecule has 0 radical (unpaired) electrons. The number of carbonyl (C=O) groups excluding carboxylic acids is 2. The Hall–Kier alpha value is -3.27. The highest BCUT2D eigenvalue weighted by Crippen LogP contribution is 2.33. The van der Waals surface area contributed by atoms with Crippen LogP contribution in [0.1, 0.15) is 31.9 Å². The SMILES string of the molecule is CCNC(=O)[C@@H](C)N(Cc1ccc(Cl)cc1Cl)C(=O)CN(c1ccccc1OCC)S(=O)(=O)c1ccc(C)cc1. The van der Waals surface area contributed by atoms with Crippen LogP contribution in [-0.4, -0.2) is 50.9 Å². The maximum absolute atomic E-state index is 14.0. The lowest BCUT2D eigenvalue weighted by molar-refractivity contribution is -0.139. The fourth-order valence-electron chi connectivity index (χ4n) is 4.03. The lowest BCUT2D eigenvalue weighted by Gasteiger charge is -2.32. The smallest absolute Gasteiger partial charge is 0.264 e. The number of aryl methyl sites for hydroxylation is 1. The average Bonchev–Trinajstić information content (AvgIpc) is 2.92. The third kappa shape index (κ3) is 7.47. The average molecular weight is 607 g/mol. The second-order valence-electron chi connectivity index (χ2n) is 9.05. The van der Waals surface area contributed by atoms with E-state index in [1.807, 2.05) is 6.92 Å². The predicted molar refractivity (Wildman–Crippen MR) is 158 cm³/mol. The van der Waals surface area contributed by atoms with Gasteiger partial charge in [-0.2, -0.15) is 0 Å². The summed E-state index contributed by atoms with van der Waals surface area (Å²) in [4.78, 5) is 28.2. The van der Waals surface area contributed by atoms with Gasteiger partial charge in [-0.15, -0.1) is 0 Å². The van der Waals surface area contributed by atoms with E-state index in [0.717, 1.165) is 9.87 Å². The number of halogens is 2. The molecule has 3 aromatic carbocycles. The summed E-state index contributed by atoms with van der Waals surface area (Å²) in [5.41, 5.74) is 1.64. The molecule has 0 unspecified atom stereocenters. The van der Waals surface area contributed by atoms with Crippen LogP contribution in [-0.2, 0) is 26.2 Å². The molecule has 1 atom stereocenters. The number of sulfonamides is 1. The van der Waals surface area contributed by atoms with E-state index in [4.69, 9.17) is 27.9 Å². The molecule has 0 aliphatic carbocycles. The number of nitrogens with zero attached hydrogens (tertiary/aromatic N) is 2. The fraction of sp³-hybridized carbons (Fsp3) is 0.310. The van der Waals surface area contributed by atoms with Gasteiger partial charge in [-0.1, -0.05) is 59.1 Å². The van der Waals surface area contributed by atoms with Crippen molar-refractivity contribution in [2.45, 2.75) is 45.2 Å². The summed E-state index contributed by atoms with van der Waals surface area (Å²) in [6, 6.07) is 16.9. The van der Waals surface area contributed by atoms with Crippen molar-refractivity contribution in [3.63, 3.8) is 0 Å². The Kier molecular flexibility index (Phi) is 10.8. The Morgan fingerprint density at radius 2 is 1.68 bits per heavy atom. The van der Waals surface area contributed by atoms with Gasteiger partial charge in [0.1, 0.15) is 18.3 Å². The summed E-state index contributed by atoms with van der Waals surface area (Å²) in [7, 11) is -4.22. The number of carbonyl (C=O) groups is 2. The Morgan fingerprint density at radius 1 is 1.00 bits per heavy atom. The fourth-order valence-corrected chi connectivity index (χ4v) is 5.92. The maximum atomic E-state index is 14.0. The number of ether oxygens (including phenoxy) is 1. The molecule has 0 saturated heterocycles. The number of anilines is 1. The molecule has 3 aromatic rings. The second-order valence-corrected chi connectivity index (χ2v) is 11.8. The number of hydrogen-bond donors (Lipinski definition) is 1. The summed E-state index contributed by atoms with van der Waals surface area (Å²) < 4.78 is 34.7. The van der Waals surface area contributed by atoms with E-state index in [1.165, 1.54) is 17.0 Å². The molecule has 0 fully saturated rings. The van der Waals surface area contributed by atoms with Gasteiger partial charge in [-0.25, -0.2) is 8.42 Å². The van der Waals surface area contributed by atoms with Crippen LogP contribution in [0.5, 0.6) is 5.75 Å². The van der Waals surface area contributed by atoms with Crippen LogP contribution in [0.3, 0.4) is 0 Å².